The normalized spacial score (nSPS) is 12.6. The van der Waals surface area contributed by atoms with E-state index in [4.69, 9.17) is 9.98 Å². The minimum absolute atomic E-state index is 0.969. The van der Waals surface area contributed by atoms with Crippen molar-refractivity contribution in [3.8, 4) is 0 Å². The van der Waals surface area contributed by atoms with Gasteiger partial charge in [0, 0.05) is 0 Å². The zero-order valence-corrected chi connectivity index (χ0v) is 23.1. The molecule has 2 rings (SSSR count). The molecule has 0 aliphatic carbocycles. The minimum atomic E-state index is 0.969. The molecule has 2 heteroatoms. The Bertz CT molecular complexity index is 965. The SMILES string of the molecule is CCCC=Cc1cccc(N=C(CCCCC)C(C)=Nc2ccc(CCCC)c(CCCC)c2)c1. The molecule has 0 radical (unpaired) electrons. The summed E-state index contributed by atoms with van der Waals surface area (Å²) in [6.07, 6.45) is 18.5. The standard InChI is InChI=1S/C33H48N2/c1-6-10-14-17-28-18-16-21-31(25-28)35-33(22-15-11-7-2)27(5)34-32-24-23-29(19-12-8-3)30(26-32)20-13-9-4/h14,16-18,21,23-26H,6-13,15,19-20,22H2,1-5H3. The molecule has 0 heterocycles. The molecule has 190 valence electrons. The summed E-state index contributed by atoms with van der Waals surface area (Å²) in [7, 11) is 0. The van der Waals surface area contributed by atoms with E-state index in [9.17, 15) is 0 Å². The molecule has 0 saturated carbocycles. The number of benzene rings is 2. The molecule has 0 atom stereocenters. The van der Waals surface area contributed by atoms with Crippen LogP contribution in [0, 0.1) is 0 Å². The summed E-state index contributed by atoms with van der Waals surface area (Å²) in [5, 5.41) is 0. The topological polar surface area (TPSA) is 24.7 Å². The van der Waals surface area contributed by atoms with Gasteiger partial charge in [-0.05, 0) is 92.8 Å². The Labute approximate surface area is 215 Å². The molecular weight excluding hydrogens is 424 g/mol. The number of allylic oxidation sites excluding steroid dienone is 1. The average Bonchev–Trinajstić information content (AvgIpc) is 2.86. The first kappa shape index (κ1) is 28.8. The van der Waals surface area contributed by atoms with Gasteiger partial charge >= 0.3 is 0 Å². The summed E-state index contributed by atoms with van der Waals surface area (Å²) in [6, 6.07) is 15.4. The van der Waals surface area contributed by atoms with Gasteiger partial charge in [-0.3, -0.25) is 9.98 Å². The van der Waals surface area contributed by atoms with E-state index in [0.717, 1.165) is 48.5 Å². The number of unbranched alkanes of at least 4 members (excludes halogenated alkanes) is 5. The van der Waals surface area contributed by atoms with Crippen LogP contribution < -0.4 is 0 Å². The van der Waals surface area contributed by atoms with Crippen molar-refractivity contribution in [1.29, 1.82) is 0 Å². The van der Waals surface area contributed by atoms with Crippen molar-refractivity contribution in [1.82, 2.24) is 0 Å². The van der Waals surface area contributed by atoms with Crippen LogP contribution in [0.25, 0.3) is 6.08 Å². The van der Waals surface area contributed by atoms with Crippen molar-refractivity contribution in [2.45, 2.75) is 112 Å². The van der Waals surface area contributed by atoms with E-state index in [1.807, 2.05) is 0 Å². The van der Waals surface area contributed by atoms with Crippen LogP contribution in [0.4, 0.5) is 11.4 Å². The first-order valence-electron chi connectivity index (χ1n) is 14.1. The lowest BCUT2D eigenvalue weighted by molar-refractivity contribution is 0.744. The number of aryl methyl sites for hydroxylation is 2. The lowest BCUT2D eigenvalue weighted by Crippen LogP contribution is -2.10. The first-order valence-corrected chi connectivity index (χ1v) is 14.1. The number of nitrogens with zero attached hydrogens (tertiary/aromatic N) is 2. The van der Waals surface area contributed by atoms with Crippen LogP contribution in [0.15, 0.2) is 58.5 Å². The summed E-state index contributed by atoms with van der Waals surface area (Å²) in [6.45, 7) is 11.1. The highest BCUT2D eigenvalue weighted by atomic mass is 14.8. The molecule has 0 unspecified atom stereocenters. The van der Waals surface area contributed by atoms with Crippen molar-refractivity contribution in [2.24, 2.45) is 9.98 Å². The summed E-state index contributed by atoms with van der Waals surface area (Å²) in [4.78, 5) is 10.2. The Kier molecular flexibility index (Phi) is 14.0. The Morgan fingerprint density at radius 2 is 1.43 bits per heavy atom. The Morgan fingerprint density at radius 1 is 0.714 bits per heavy atom. The second-order valence-corrected chi connectivity index (χ2v) is 9.66. The van der Waals surface area contributed by atoms with Crippen molar-refractivity contribution in [2.75, 3.05) is 0 Å². The molecule has 0 amide bonds. The zero-order valence-electron chi connectivity index (χ0n) is 23.1. The molecule has 2 nitrogen and oxygen atoms in total. The maximum atomic E-state index is 5.10. The van der Waals surface area contributed by atoms with E-state index in [1.165, 1.54) is 68.1 Å². The fraction of sp³-hybridized carbons (Fsp3) is 0.515. The van der Waals surface area contributed by atoms with Crippen molar-refractivity contribution in [3.63, 3.8) is 0 Å². The van der Waals surface area contributed by atoms with Gasteiger partial charge in [0.2, 0.25) is 0 Å². The van der Waals surface area contributed by atoms with Gasteiger partial charge in [-0.25, -0.2) is 0 Å². The molecule has 2 aromatic carbocycles. The van der Waals surface area contributed by atoms with Crippen molar-refractivity contribution >= 4 is 28.9 Å². The van der Waals surface area contributed by atoms with Gasteiger partial charge in [0.25, 0.3) is 0 Å². The molecule has 0 aromatic heterocycles. The van der Waals surface area contributed by atoms with Gasteiger partial charge in [-0.1, -0.05) is 90.2 Å². The molecular formula is C33H48N2. The highest BCUT2D eigenvalue weighted by Gasteiger charge is 2.08. The molecule has 0 bridgehead atoms. The molecule has 0 aliphatic heterocycles. The smallest absolute Gasteiger partial charge is 0.0639 e. The third-order valence-corrected chi connectivity index (χ3v) is 6.42. The minimum Gasteiger partial charge on any atom is -0.252 e. The second kappa shape index (κ2) is 17.0. The van der Waals surface area contributed by atoms with Crippen LogP contribution in [0.2, 0.25) is 0 Å². The van der Waals surface area contributed by atoms with Crippen LogP contribution >= 0.6 is 0 Å². The third kappa shape index (κ3) is 10.8. The van der Waals surface area contributed by atoms with Crippen molar-refractivity contribution in [3.05, 3.63) is 65.2 Å². The van der Waals surface area contributed by atoms with Crippen molar-refractivity contribution < 1.29 is 0 Å². The molecule has 2 aromatic rings. The molecule has 0 saturated heterocycles. The summed E-state index contributed by atoms with van der Waals surface area (Å²) < 4.78 is 0. The third-order valence-electron chi connectivity index (χ3n) is 6.42. The monoisotopic (exact) mass is 472 g/mol. The van der Waals surface area contributed by atoms with E-state index in [-0.39, 0.29) is 0 Å². The largest absolute Gasteiger partial charge is 0.252 e. The Hall–Kier alpha value is -2.48. The lowest BCUT2D eigenvalue weighted by atomic mass is 9.97. The fourth-order valence-corrected chi connectivity index (χ4v) is 4.25. The molecule has 0 fully saturated rings. The average molecular weight is 473 g/mol. The Balaban J connectivity index is 2.35. The van der Waals surface area contributed by atoms with Gasteiger partial charge in [-0.15, -0.1) is 0 Å². The first-order chi connectivity index (χ1) is 17.1. The molecule has 0 N–H and O–H groups in total. The fourth-order valence-electron chi connectivity index (χ4n) is 4.25. The second-order valence-electron chi connectivity index (χ2n) is 9.66. The van der Waals surface area contributed by atoms with Crippen LogP contribution in [0.5, 0.6) is 0 Å². The number of hydrogen-bond donors (Lipinski definition) is 0. The van der Waals surface area contributed by atoms with E-state index in [1.54, 1.807) is 0 Å². The summed E-state index contributed by atoms with van der Waals surface area (Å²) in [5.74, 6) is 0. The maximum absolute atomic E-state index is 5.10. The summed E-state index contributed by atoms with van der Waals surface area (Å²) >= 11 is 0. The number of rotatable bonds is 16. The van der Waals surface area contributed by atoms with Crippen LogP contribution in [0.1, 0.15) is 116 Å². The number of hydrogen-bond acceptors (Lipinski definition) is 2. The van der Waals surface area contributed by atoms with Crippen LogP contribution in [0.3, 0.4) is 0 Å². The highest BCUT2D eigenvalue weighted by molar-refractivity contribution is 6.42. The highest BCUT2D eigenvalue weighted by Crippen LogP contribution is 2.24. The van der Waals surface area contributed by atoms with Gasteiger partial charge in [0.1, 0.15) is 0 Å². The van der Waals surface area contributed by atoms with Crippen LogP contribution in [-0.4, -0.2) is 11.4 Å². The summed E-state index contributed by atoms with van der Waals surface area (Å²) in [5.41, 5.74) is 8.42. The molecule has 0 aliphatic rings. The molecule has 35 heavy (non-hydrogen) atoms. The van der Waals surface area contributed by atoms with Gasteiger partial charge in [0.15, 0.2) is 0 Å². The maximum Gasteiger partial charge on any atom is 0.0639 e. The van der Waals surface area contributed by atoms with E-state index < -0.39 is 0 Å². The Morgan fingerprint density at radius 3 is 2.14 bits per heavy atom. The van der Waals surface area contributed by atoms with Gasteiger partial charge in [0.05, 0.1) is 22.8 Å². The van der Waals surface area contributed by atoms with E-state index in [0.29, 0.717) is 0 Å². The number of aliphatic imine (C=N–C) groups is 2. The molecule has 0 spiro atoms. The zero-order chi connectivity index (χ0) is 25.3. The quantitative estimate of drug-likeness (QED) is 0.171. The lowest BCUT2D eigenvalue weighted by Gasteiger charge is -2.11. The van der Waals surface area contributed by atoms with Gasteiger partial charge < -0.3 is 0 Å². The predicted molar refractivity (Wildman–Crippen MR) is 158 cm³/mol. The van der Waals surface area contributed by atoms with E-state index >= 15 is 0 Å². The van der Waals surface area contributed by atoms with Gasteiger partial charge in [-0.2, -0.15) is 0 Å². The van der Waals surface area contributed by atoms with Crippen LogP contribution in [-0.2, 0) is 12.8 Å². The van der Waals surface area contributed by atoms with E-state index in [2.05, 4.69) is 89.2 Å². The predicted octanol–water partition coefficient (Wildman–Crippen LogP) is 10.6.